The average Bonchev–Trinajstić information content (AvgIpc) is 3.00. The molecule has 1 aromatic rings. The summed E-state index contributed by atoms with van der Waals surface area (Å²) < 4.78 is 26.0. The number of hydrogen-bond donors (Lipinski definition) is 2. The highest BCUT2D eigenvalue weighted by molar-refractivity contribution is 7.92. The lowest BCUT2D eigenvalue weighted by molar-refractivity contribution is 0.597. The van der Waals surface area contributed by atoms with Crippen molar-refractivity contribution in [2.24, 2.45) is 11.7 Å². The molecule has 0 atom stereocenters. The molecule has 0 saturated heterocycles. The molecule has 2 rings (SSSR count). The predicted octanol–water partition coefficient (Wildman–Crippen LogP) is 1.30. The molecule has 88 valence electrons. The van der Waals surface area contributed by atoms with Gasteiger partial charge in [0.1, 0.15) is 0 Å². The van der Waals surface area contributed by atoms with Crippen LogP contribution in [-0.2, 0) is 16.6 Å². The number of sulfonamides is 1. The maximum absolute atomic E-state index is 11.7. The van der Waals surface area contributed by atoms with Crippen LogP contribution < -0.4 is 10.5 Å². The zero-order valence-corrected chi connectivity index (χ0v) is 9.83. The van der Waals surface area contributed by atoms with Gasteiger partial charge in [-0.1, -0.05) is 12.1 Å². The van der Waals surface area contributed by atoms with E-state index in [9.17, 15) is 8.42 Å². The Balaban J connectivity index is 2.06. The lowest BCUT2D eigenvalue weighted by atomic mass is 10.2. The minimum atomic E-state index is -3.19. The maximum Gasteiger partial charge on any atom is 0.232 e. The number of rotatable bonds is 5. The van der Waals surface area contributed by atoms with Crippen LogP contribution in [0.5, 0.6) is 0 Å². The summed E-state index contributed by atoms with van der Waals surface area (Å²) in [5.74, 6) is 0.593. The van der Waals surface area contributed by atoms with Gasteiger partial charge in [0.25, 0.3) is 0 Å². The fourth-order valence-corrected chi connectivity index (χ4v) is 3.10. The Labute approximate surface area is 95.9 Å². The Bertz CT molecular complexity index is 467. The third-order valence-electron chi connectivity index (χ3n) is 2.59. The van der Waals surface area contributed by atoms with Crippen LogP contribution in [0.3, 0.4) is 0 Å². The van der Waals surface area contributed by atoms with Gasteiger partial charge < -0.3 is 5.73 Å². The highest BCUT2D eigenvalue weighted by Gasteiger charge is 2.27. The van der Waals surface area contributed by atoms with E-state index in [1.54, 1.807) is 18.2 Å². The molecule has 3 N–H and O–H groups in total. The summed E-state index contributed by atoms with van der Waals surface area (Å²) >= 11 is 0. The highest BCUT2D eigenvalue weighted by atomic mass is 32.2. The number of anilines is 1. The number of benzene rings is 1. The largest absolute Gasteiger partial charge is 0.326 e. The fraction of sp³-hybridized carbons (Fsp3) is 0.455. The van der Waals surface area contributed by atoms with E-state index in [1.807, 2.05) is 6.07 Å². The molecule has 0 heterocycles. The predicted molar refractivity (Wildman–Crippen MR) is 64.5 cm³/mol. The zero-order valence-electron chi connectivity index (χ0n) is 9.02. The first kappa shape index (κ1) is 11.4. The van der Waals surface area contributed by atoms with Crippen molar-refractivity contribution in [1.82, 2.24) is 0 Å². The summed E-state index contributed by atoms with van der Waals surface area (Å²) in [6, 6.07) is 7.18. The quantitative estimate of drug-likeness (QED) is 0.814. The van der Waals surface area contributed by atoms with Crippen molar-refractivity contribution in [3.8, 4) is 0 Å². The summed E-state index contributed by atoms with van der Waals surface area (Å²) in [6.45, 7) is 0.415. The fourth-order valence-electron chi connectivity index (χ4n) is 1.58. The van der Waals surface area contributed by atoms with Gasteiger partial charge in [0, 0.05) is 12.2 Å². The summed E-state index contributed by atoms with van der Waals surface area (Å²) in [4.78, 5) is 0. The third kappa shape index (κ3) is 3.21. The Kier molecular flexibility index (Phi) is 3.16. The smallest absolute Gasteiger partial charge is 0.232 e. The van der Waals surface area contributed by atoms with Crippen molar-refractivity contribution in [3.05, 3.63) is 29.8 Å². The van der Waals surface area contributed by atoms with Crippen molar-refractivity contribution < 1.29 is 8.42 Å². The minimum absolute atomic E-state index is 0.236. The SMILES string of the molecule is NCc1cccc(NS(=O)(=O)CC2CC2)c1. The summed E-state index contributed by atoms with van der Waals surface area (Å²) in [5.41, 5.74) is 7.02. The van der Waals surface area contributed by atoms with Gasteiger partial charge in [-0.2, -0.15) is 0 Å². The lowest BCUT2D eigenvalue weighted by Crippen LogP contribution is -2.18. The molecule has 16 heavy (non-hydrogen) atoms. The van der Waals surface area contributed by atoms with Gasteiger partial charge in [-0.3, -0.25) is 4.72 Å². The lowest BCUT2D eigenvalue weighted by Gasteiger charge is -2.08. The second-order valence-electron chi connectivity index (χ2n) is 4.23. The van der Waals surface area contributed by atoms with E-state index in [0.29, 0.717) is 18.2 Å². The highest BCUT2D eigenvalue weighted by Crippen LogP contribution is 2.30. The molecule has 1 aliphatic rings. The van der Waals surface area contributed by atoms with Crippen molar-refractivity contribution in [3.63, 3.8) is 0 Å². The van der Waals surface area contributed by atoms with Gasteiger partial charge in [-0.15, -0.1) is 0 Å². The molecule has 0 amide bonds. The van der Waals surface area contributed by atoms with Crippen LogP contribution in [-0.4, -0.2) is 14.2 Å². The Morgan fingerprint density at radius 1 is 1.38 bits per heavy atom. The van der Waals surface area contributed by atoms with Crippen LogP contribution >= 0.6 is 0 Å². The molecule has 0 radical (unpaired) electrons. The molecule has 1 aliphatic carbocycles. The van der Waals surface area contributed by atoms with Gasteiger partial charge >= 0.3 is 0 Å². The molecule has 0 aliphatic heterocycles. The van der Waals surface area contributed by atoms with Crippen molar-refractivity contribution >= 4 is 15.7 Å². The van der Waals surface area contributed by atoms with Crippen LogP contribution in [0.2, 0.25) is 0 Å². The second-order valence-corrected chi connectivity index (χ2v) is 6.00. The Hall–Kier alpha value is -1.07. The van der Waals surface area contributed by atoms with E-state index in [0.717, 1.165) is 18.4 Å². The van der Waals surface area contributed by atoms with Crippen LogP contribution in [0, 0.1) is 5.92 Å². The van der Waals surface area contributed by atoms with Crippen LogP contribution in [0.15, 0.2) is 24.3 Å². The molecule has 0 unspecified atom stereocenters. The van der Waals surface area contributed by atoms with Gasteiger partial charge in [-0.05, 0) is 36.5 Å². The Morgan fingerprint density at radius 2 is 2.12 bits per heavy atom. The molecular formula is C11H16N2O2S. The summed E-state index contributed by atoms with van der Waals surface area (Å²) in [7, 11) is -3.19. The van der Waals surface area contributed by atoms with Crippen LogP contribution in [0.25, 0.3) is 0 Å². The van der Waals surface area contributed by atoms with E-state index in [-0.39, 0.29) is 5.75 Å². The molecule has 1 fully saturated rings. The third-order valence-corrected chi connectivity index (χ3v) is 4.05. The van der Waals surface area contributed by atoms with Gasteiger partial charge in [0.15, 0.2) is 0 Å². The average molecular weight is 240 g/mol. The summed E-state index contributed by atoms with van der Waals surface area (Å²) in [5, 5.41) is 0. The van der Waals surface area contributed by atoms with Crippen molar-refractivity contribution in [2.75, 3.05) is 10.5 Å². The monoisotopic (exact) mass is 240 g/mol. The standard InChI is InChI=1S/C11H16N2O2S/c12-7-10-2-1-3-11(6-10)13-16(14,15)8-9-4-5-9/h1-3,6,9,13H,4-5,7-8,12H2. The molecule has 0 spiro atoms. The van der Waals surface area contributed by atoms with Gasteiger partial charge in [0.05, 0.1) is 5.75 Å². The van der Waals surface area contributed by atoms with Crippen molar-refractivity contribution in [2.45, 2.75) is 19.4 Å². The first-order valence-electron chi connectivity index (χ1n) is 5.38. The van der Waals surface area contributed by atoms with Gasteiger partial charge in [-0.25, -0.2) is 8.42 Å². The molecule has 0 bridgehead atoms. The molecular weight excluding hydrogens is 224 g/mol. The topological polar surface area (TPSA) is 72.2 Å². The van der Waals surface area contributed by atoms with Crippen LogP contribution in [0.1, 0.15) is 18.4 Å². The molecule has 1 saturated carbocycles. The molecule has 5 heteroatoms. The van der Waals surface area contributed by atoms with Crippen LogP contribution in [0.4, 0.5) is 5.69 Å². The first-order valence-corrected chi connectivity index (χ1v) is 7.04. The normalized spacial score (nSPS) is 16.1. The van der Waals surface area contributed by atoms with E-state index < -0.39 is 10.0 Å². The number of nitrogens with two attached hydrogens (primary N) is 1. The Morgan fingerprint density at radius 3 is 2.75 bits per heavy atom. The number of hydrogen-bond acceptors (Lipinski definition) is 3. The zero-order chi connectivity index (χ0) is 11.6. The molecule has 1 aromatic carbocycles. The van der Waals surface area contributed by atoms with E-state index in [4.69, 9.17) is 5.73 Å². The molecule has 0 aromatic heterocycles. The maximum atomic E-state index is 11.7. The number of nitrogens with one attached hydrogen (secondary N) is 1. The minimum Gasteiger partial charge on any atom is -0.326 e. The van der Waals surface area contributed by atoms with Gasteiger partial charge in [0.2, 0.25) is 10.0 Å². The first-order chi connectivity index (χ1) is 7.59. The van der Waals surface area contributed by atoms with E-state index in [2.05, 4.69) is 4.72 Å². The van der Waals surface area contributed by atoms with E-state index in [1.165, 1.54) is 0 Å². The van der Waals surface area contributed by atoms with E-state index >= 15 is 0 Å². The summed E-state index contributed by atoms with van der Waals surface area (Å²) in [6.07, 6.45) is 2.06. The van der Waals surface area contributed by atoms with Crippen molar-refractivity contribution in [1.29, 1.82) is 0 Å². The molecule has 4 nitrogen and oxygen atoms in total. The second kappa shape index (κ2) is 4.43.